The number of halogens is 3. The van der Waals surface area contributed by atoms with Crippen LogP contribution in [0.4, 0.5) is 13.2 Å². The summed E-state index contributed by atoms with van der Waals surface area (Å²) < 4.78 is 50.9. The minimum absolute atomic E-state index is 0.248. The maximum Gasteiger partial charge on any atom is 0.136 e. The second-order valence-electron chi connectivity index (χ2n) is 6.39. The van der Waals surface area contributed by atoms with Gasteiger partial charge in [-0.3, -0.25) is 0 Å². The summed E-state index contributed by atoms with van der Waals surface area (Å²) in [5.41, 5.74) is 2.88. The van der Waals surface area contributed by atoms with Gasteiger partial charge < -0.3 is 9.47 Å². The van der Waals surface area contributed by atoms with Gasteiger partial charge in [0.1, 0.15) is 17.5 Å². The number of methoxy groups -OCH3 is 2. The molecule has 27 heavy (non-hydrogen) atoms. The molecule has 0 fully saturated rings. The van der Waals surface area contributed by atoms with Crippen molar-refractivity contribution in [1.29, 1.82) is 0 Å². The van der Waals surface area contributed by atoms with E-state index in [1.54, 1.807) is 20.3 Å². The first-order valence-corrected chi connectivity index (χ1v) is 8.97. The lowest BCUT2D eigenvalue weighted by molar-refractivity contribution is 0.195. The quantitative estimate of drug-likeness (QED) is 0.405. The molecule has 0 aliphatic rings. The number of rotatable bonds is 10. The van der Waals surface area contributed by atoms with Crippen LogP contribution < -0.4 is 0 Å². The zero-order valence-electron chi connectivity index (χ0n) is 15.7. The van der Waals surface area contributed by atoms with Gasteiger partial charge in [0.25, 0.3) is 0 Å². The van der Waals surface area contributed by atoms with Gasteiger partial charge in [-0.25, -0.2) is 13.2 Å². The molecule has 0 saturated heterocycles. The third-order valence-corrected chi connectivity index (χ3v) is 4.19. The van der Waals surface area contributed by atoms with Gasteiger partial charge in [0, 0.05) is 45.1 Å². The fourth-order valence-corrected chi connectivity index (χ4v) is 2.91. The highest BCUT2D eigenvalue weighted by molar-refractivity contribution is 5.70. The minimum atomic E-state index is -0.928. The van der Waals surface area contributed by atoms with Gasteiger partial charge in [-0.05, 0) is 48.4 Å². The van der Waals surface area contributed by atoms with Gasteiger partial charge in [0.15, 0.2) is 0 Å². The largest absolute Gasteiger partial charge is 0.385 e. The number of hydrogen-bond acceptors (Lipinski definition) is 2. The number of benzene rings is 2. The van der Waals surface area contributed by atoms with Gasteiger partial charge in [-0.15, -0.1) is 0 Å². The molecule has 0 radical (unpaired) electrons. The molecule has 0 heterocycles. The first kappa shape index (κ1) is 21.2. The van der Waals surface area contributed by atoms with Crippen molar-refractivity contribution in [2.75, 3.05) is 27.4 Å². The van der Waals surface area contributed by atoms with E-state index in [9.17, 15) is 13.2 Å². The van der Waals surface area contributed by atoms with Crippen LogP contribution in [0.25, 0.3) is 12.2 Å². The second kappa shape index (κ2) is 10.9. The zero-order valence-corrected chi connectivity index (χ0v) is 15.7. The fraction of sp³-hybridized carbons (Fsp3) is 0.364. The molecule has 2 aromatic rings. The molecule has 0 spiro atoms. The average Bonchev–Trinajstić information content (AvgIpc) is 2.61. The molecular formula is C22H25F3O2. The lowest BCUT2D eigenvalue weighted by Crippen LogP contribution is -1.97. The Bertz CT molecular complexity index is 721. The van der Waals surface area contributed by atoms with E-state index in [1.165, 1.54) is 6.08 Å². The van der Waals surface area contributed by atoms with Crippen molar-refractivity contribution in [2.24, 2.45) is 0 Å². The van der Waals surface area contributed by atoms with E-state index in [0.717, 1.165) is 42.4 Å². The molecule has 146 valence electrons. The molecule has 0 atom stereocenters. The van der Waals surface area contributed by atoms with Crippen LogP contribution in [-0.2, 0) is 22.3 Å². The fourth-order valence-electron chi connectivity index (χ4n) is 2.91. The summed E-state index contributed by atoms with van der Waals surface area (Å²) >= 11 is 0. The Morgan fingerprint density at radius 1 is 0.741 bits per heavy atom. The van der Waals surface area contributed by atoms with Crippen LogP contribution in [0.2, 0.25) is 0 Å². The van der Waals surface area contributed by atoms with E-state index in [-0.39, 0.29) is 5.56 Å². The predicted octanol–water partition coefficient (Wildman–Crippen LogP) is 5.43. The molecule has 2 nitrogen and oxygen atoms in total. The van der Waals surface area contributed by atoms with Crippen LogP contribution in [0.1, 0.15) is 35.1 Å². The molecule has 0 amide bonds. The molecule has 0 bridgehead atoms. The van der Waals surface area contributed by atoms with Crippen molar-refractivity contribution in [3.05, 3.63) is 70.0 Å². The molecule has 2 aromatic carbocycles. The molecule has 0 N–H and O–H groups in total. The van der Waals surface area contributed by atoms with Crippen molar-refractivity contribution in [3.63, 3.8) is 0 Å². The Labute approximate surface area is 158 Å². The maximum atomic E-state index is 13.8. The number of aryl methyl sites for hydroxylation is 2. The molecule has 0 aliphatic carbocycles. The van der Waals surface area contributed by atoms with Crippen molar-refractivity contribution >= 4 is 12.2 Å². The van der Waals surface area contributed by atoms with Gasteiger partial charge in [-0.2, -0.15) is 0 Å². The standard InChI is InChI=1S/C22H25F3O2/c1-26-9-3-5-16-11-17(6-4-10-27-2)13-18(12-16)7-8-20-21(24)14-19(23)15-22(20)25/h7-8,11-15H,3-6,9-10H2,1-2H3. The molecular weight excluding hydrogens is 353 g/mol. The summed E-state index contributed by atoms with van der Waals surface area (Å²) in [6, 6.07) is 7.48. The highest BCUT2D eigenvalue weighted by atomic mass is 19.1. The van der Waals surface area contributed by atoms with Crippen LogP contribution >= 0.6 is 0 Å². The van der Waals surface area contributed by atoms with E-state index in [1.807, 2.05) is 12.1 Å². The van der Waals surface area contributed by atoms with Crippen molar-refractivity contribution in [3.8, 4) is 0 Å². The summed E-state index contributed by atoms with van der Waals surface area (Å²) in [5.74, 6) is -2.76. The van der Waals surface area contributed by atoms with Crippen LogP contribution in [-0.4, -0.2) is 27.4 Å². The van der Waals surface area contributed by atoms with E-state index < -0.39 is 17.5 Å². The molecule has 0 unspecified atom stereocenters. The van der Waals surface area contributed by atoms with Crippen LogP contribution in [0, 0.1) is 17.5 Å². The Kier molecular flexibility index (Phi) is 8.55. The maximum absolute atomic E-state index is 13.8. The summed E-state index contributed by atoms with van der Waals surface area (Å²) in [6.45, 7) is 1.34. The highest BCUT2D eigenvalue weighted by Crippen LogP contribution is 2.20. The summed E-state index contributed by atoms with van der Waals surface area (Å²) in [7, 11) is 3.34. The average molecular weight is 378 g/mol. The van der Waals surface area contributed by atoms with Gasteiger partial charge >= 0.3 is 0 Å². The summed E-state index contributed by atoms with van der Waals surface area (Å²) in [4.78, 5) is 0. The predicted molar refractivity (Wildman–Crippen MR) is 102 cm³/mol. The Morgan fingerprint density at radius 2 is 1.26 bits per heavy atom. The monoisotopic (exact) mass is 378 g/mol. The topological polar surface area (TPSA) is 18.5 Å². The van der Waals surface area contributed by atoms with Crippen LogP contribution in [0.3, 0.4) is 0 Å². The minimum Gasteiger partial charge on any atom is -0.385 e. The normalized spacial score (nSPS) is 11.4. The van der Waals surface area contributed by atoms with E-state index in [2.05, 4.69) is 6.07 Å². The summed E-state index contributed by atoms with van der Waals surface area (Å²) in [5, 5.41) is 0. The van der Waals surface area contributed by atoms with Crippen molar-refractivity contribution in [1.82, 2.24) is 0 Å². The SMILES string of the molecule is COCCCc1cc(C=Cc2c(F)cc(F)cc2F)cc(CCCOC)c1. The third-order valence-electron chi connectivity index (χ3n) is 4.19. The van der Waals surface area contributed by atoms with Crippen LogP contribution in [0.5, 0.6) is 0 Å². The van der Waals surface area contributed by atoms with Gasteiger partial charge in [0.2, 0.25) is 0 Å². The molecule has 2 rings (SSSR count). The first-order chi connectivity index (χ1) is 13.0. The van der Waals surface area contributed by atoms with Gasteiger partial charge in [-0.1, -0.05) is 24.3 Å². The molecule has 0 aliphatic heterocycles. The van der Waals surface area contributed by atoms with Crippen molar-refractivity contribution in [2.45, 2.75) is 25.7 Å². The molecule has 0 aromatic heterocycles. The first-order valence-electron chi connectivity index (χ1n) is 8.97. The lowest BCUT2D eigenvalue weighted by atomic mass is 9.99. The van der Waals surface area contributed by atoms with E-state index >= 15 is 0 Å². The second-order valence-corrected chi connectivity index (χ2v) is 6.39. The highest BCUT2D eigenvalue weighted by Gasteiger charge is 2.09. The molecule has 5 heteroatoms. The van der Waals surface area contributed by atoms with Crippen LogP contribution in [0.15, 0.2) is 30.3 Å². The Morgan fingerprint density at radius 3 is 1.74 bits per heavy atom. The lowest BCUT2D eigenvalue weighted by Gasteiger charge is -2.09. The number of ether oxygens (including phenoxy) is 2. The summed E-state index contributed by atoms with van der Waals surface area (Å²) in [6.07, 6.45) is 6.49. The smallest absolute Gasteiger partial charge is 0.136 e. The zero-order chi connectivity index (χ0) is 19.6. The molecule has 0 saturated carbocycles. The van der Waals surface area contributed by atoms with Crippen molar-refractivity contribution < 1.29 is 22.6 Å². The van der Waals surface area contributed by atoms with E-state index in [0.29, 0.717) is 25.3 Å². The number of hydrogen-bond donors (Lipinski definition) is 0. The third kappa shape index (κ3) is 6.85. The Hall–Kier alpha value is -2.11. The Balaban J connectivity index is 2.25. The van der Waals surface area contributed by atoms with E-state index in [4.69, 9.17) is 9.47 Å². The van der Waals surface area contributed by atoms with Gasteiger partial charge in [0.05, 0.1) is 0 Å².